The number of halogens is 3. The summed E-state index contributed by atoms with van der Waals surface area (Å²) in [6.07, 6.45) is -3.47. The first-order valence-electron chi connectivity index (χ1n) is 7.51. The molecule has 0 amide bonds. The molecule has 0 spiro atoms. The lowest BCUT2D eigenvalue weighted by molar-refractivity contribution is -0.384. The number of nitro benzene ring substituents is 1. The Morgan fingerprint density at radius 2 is 2.17 bits per heavy atom. The first-order valence-corrected chi connectivity index (χ1v) is 7.51. The van der Waals surface area contributed by atoms with Gasteiger partial charge in [-0.05, 0) is 31.9 Å². The highest BCUT2D eigenvalue weighted by molar-refractivity contribution is 5.74. The molecule has 0 saturated carbocycles. The monoisotopic (exact) mass is 346 g/mol. The van der Waals surface area contributed by atoms with Crippen LogP contribution in [0.1, 0.15) is 25.3 Å². The average Bonchev–Trinajstić information content (AvgIpc) is 2.53. The Morgan fingerprint density at radius 1 is 1.46 bits per heavy atom. The van der Waals surface area contributed by atoms with E-state index in [1.165, 1.54) is 0 Å². The van der Waals surface area contributed by atoms with Crippen LogP contribution in [0.4, 0.5) is 24.5 Å². The Bertz CT molecular complexity index is 634. The van der Waals surface area contributed by atoms with Crippen molar-refractivity contribution < 1.29 is 27.6 Å². The van der Waals surface area contributed by atoms with Gasteiger partial charge in [0.1, 0.15) is 5.69 Å². The van der Waals surface area contributed by atoms with Crippen LogP contribution in [0.25, 0.3) is 0 Å². The van der Waals surface area contributed by atoms with Crippen molar-refractivity contribution in [2.45, 2.75) is 25.9 Å². The largest absolute Gasteiger partial charge is 0.466 e. The maximum atomic E-state index is 12.8. The molecule has 1 unspecified atom stereocenters. The van der Waals surface area contributed by atoms with Crippen molar-refractivity contribution in [2.75, 3.05) is 24.6 Å². The van der Waals surface area contributed by atoms with E-state index in [9.17, 15) is 28.1 Å². The summed E-state index contributed by atoms with van der Waals surface area (Å²) in [5.41, 5.74) is -1.60. The quantitative estimate of drug-likeness (QED) is 0.475. The SMILES string of the molecule is CCOC(=O)C1CCCN(c2ccc(C(F)(F)F)cc2[N+](=O)[O-])C1. The Balaban J connectivity index is 2.30. The van der Waals surface area contributed by atoms with Gasteiger partial charge in [-0.15, -0.1) is 0 Å². The van der Waals surface area contributed by atoms with Crippen LogP contribution in [0.15, 0.2) is 18.2 Å². The second-order valence-corrected chi connectivity index (χ2v) is 5.50. The van der Waals surface area contributed by atoms with E-state index in [1.54, 1.807) is 11.8 Å². The minimum atomic E-state index is -4.65. The highest BCUT2D eigenvalue weighted by atomic mass is 19.4. The fourth-order valence-corrected chi connectivity index (χ4v) is 2.76. The zero-order chi connectivity index (χ0) is 17.9. The number of carbonyl (C=O) groups excluding carboxylic acids is 1. The highest BCUT2D eigenvalue weighted by Crippen LogP contribution is 2.37. The van der Waals surface area contributed by atoms with Crippen LogP contribution in [0.3, 0.4) is 0 Å². The molecule has 1 aliphatic rings. The molecule has 9 heteroatoms. The number of carbonyl (C=O) groups is 1. The molecule has 1 atom stereocenters. The Kier molecular flexibility index (Phi) is 5.30. The molecule has 132 valence electrons. The number of ether oxygens (including phenoxy) is 1. The van der Waals surface area contributed by atoms with Gasteiger partial charge in [-0.2, -0.15) is 13.2 Å². The molecule has 0 bridgehead atoms. The van der Waals surface area contributed by atoms with E-state index >= 15 is 0 Å². The number of benzene rings is 1. The summed E-state index contributed by atoms with van der Waals surface area (Å²) in [6, 6.07) is 2.44. The lowest BCUT2D eigenvalue weighted by Gasteiger charge is -2.33. The van der Waals surface area contributed by atoms with E-state index < -0.39 is 34.2 Å². The fourth-order valence-electron chi connectivity index (χ4n) is 2.76. The highest BCUT2D eigenvalue weighted by Gasteiger charge is 2.35. The molecule has 1 heterocycles. The van der Waals surface area contributed by atoms with Gasteiger partial charge in [0, 0.05) is 19.2 Å². The van der Waals surface area contributed by atoms with Gasteiger partial charge >= 0.3 is 12.1 Å². The van der Waals surface area contributed by atoms with Crippen LogP contribution < -0.4 is 4.90 Å². The number of hydrogen-bond acceptors (Lipinski definition) is 5. The van der Waals surface area contributed by atoms with E-state index in [-0.39, 0.29) is 18.8 Å². The molecule has 1 aromatic carbocycles. The number of rotatable bonds is 4. The molecule has 1 aliphatic heterocycles. The minimum absolute atomic E-state index is 0.0852. The Morgan fingerprint density at radius 3 is 2.75 bits per heavy atom. The number of anilines is 1. The van der Waals surface area contributed by atoms with Gasteiger partial charge < -0.3 is 9.64 Å². The van der Waals surface area contributed by atoms with Crippen molar-refractivity contribution >= 4 is 17.3 Å². The minimum Gasteiger partial charge on any atom is -0.466 e. The second kappa shape index (κ2) is 7.06. The lowest BCUT2D eigenvalue weighted by Crippen LogP contribution is -2.39. The standard InChI is InChI=1S/C15H17F3N2O4/c1-2-24-14(21)10-4-3-7-19(9-10)12-6-5-11(15(16,17)18)8-13(12)20(22)23/h5-6,8,10H,2-4,7,9H2,1H3. The molecule has 1 fully saturated rings. The average molecular weight is 346 g/mol. The number of nitrogens with zero attached hydrogens (tertiary/aromatic N) is 2. The van der Waals surface area contributed by atoms with Crippen LogP contribution in [0.5, 0.6) is 0 Å². The van der Waals surface area contributed by atoms with Gasteiger partial charge in [-0.1, -0.05) is 0 Å². The van der Waals surface area contributed by atoms with Crippen LogP contribution in [-0.4, -0.2) is 30.6 Å². The molecule has 1 saturated heterocycles. The fraction of sp³-hybridized carbons (Fsp3) is 0.533. The molecular weight excluding hydrogens is 329 g/mol. The Hall–Kier alpha value is -2.32. The third kappa shape index (κ3) is 3.95. The van der Waals surface area contributed by atoms with E-state index in [0.717, 1.165) is 12.1 Å². The molecule has 6 nitrogen and oxygen atoms in total. The van der Waals surface area contributed by atoms with Gasteiger partial charge in [0.15, 0.2) is 0 Å². The van der Waals surface area contributed by atoms with Crippen LogP contribution in [0, 0.1) is 16.0 Å². The number of esters is 1. The van der Waals surface area contributed by atoms with Crippen LogP contribution in [-0.2, 0) is 15.7 Å². The molecule has 0 radical (unpaired) electrons. The van der Waals surface area contributed by atoms with Gasteiger partial charge in [0.25, 0.3) is 5.69 Å². The topological polar surface area (TPSA) is 72.7 Å². The second-order valence-electron chi connectivity index (χ2n) is 5.50. The summed E-state index contributed by atoms with van der Waals surface area (Å²) in [7, 11) is 0. The smallest absolute Gasteiger partial charge is 0.416 e. The van der Waals surface area contributed by atoms with Gasteiger partial charge in [-0.3, -0.25) is 14.9 Å². The van der Waals surface area contributed by atoms with Crippen molar-refractivity contribution in [1.82, 2.24) is 0 Å². The number of piperidine rings is 1. The lowest BCUT2D eigenvalue weighted by atomic mass is 9.97. The zero-order valence-corrected chi connectivity index (χ0v) is 13.0. The molecule has 2 rings (SSSR count). The first-order chi connectivity index (χ1) is 11.2. The van der Waals surface area contributed by atoms with Gasteiger partial charge in [-0.25, -0.2) is 0 Å². The number of nitro groups is 1. The maximum absolute atomic E-state index is 12.8. The van der Waals surface area contributed by atoms with E-state index in [0.29, 0.717) is 25.5 Å². The summed E-state index contributed by atoms with van der Waals surface area (Å²) in [5.74, 6) is -0.836. The third-order valence-electron chi connectivity index (χ3n) is 3.88. The summed E-state index contributed by atoms with van der Waals surface area (Å²) in [6.45, 7) is 2.53. The first kappa shape index (κ1) is 18.0. The summed E-state index contributed by atoms with van der Waals surface area (Å²) in [4.78, 5) is 23.8. The molecular formula is C15H17F3N2O4. The summed E-state index contributed by atoms with van der Waals surface area (Å²) < 4.78 is 43.2. The predicted molar refractivity (Wildman–Crippen MR) is 79.7 cm³/mol. The van der Waals surface area contributed by atoms with Crippen molar-refractivity contribution in [3.05, 3.63) is 33.9 Å². The van der Waals surface area contributed by atoms with Crippen molar-refractivity contribution in [3.8, 4) is 0 Å². The summed E-state index contributed by atoms with van der Waals surface area (Å²) >= 11 is 0. The molecule has 24 heavy (non-hydrogen) atoms. The predicted octanol–water partition coefficient (Wildman–Crippen LogP) is 3.39. The molecule has 1 aromatic rings. The third-order valence-corrected chi connectivity index (χ3v) is 3.88. The molecule has 0 aliphatic carbocycles. The maximum Gasteiger partial charge on any atom is 0.416 e. The van der Waals surface area contributed by atoms with Crippen LogP contribution in [0.2, 0.25) is 0 Å². The number of hydrogen-bond donors (Lipinski definition) is 0. The number of alkyl halides is 3. The van der Waals surface area contributed by atoms with E-state index in [1.807, 2.05) is 0 Å². The van der Waals surface area contributed by atoms with E-state index in [4.69, 9.17) is 4.74 Å². The molecule has 0 N–H and O–H groups in total. The van der Waals surface area contributed by atoms with Crippen LogP contribution >= 0.6 is 0 Å². The Labute approximate surface area is 136 Å². The van der Waals surface area contributed by atoms with Crippen molar-refractivity contribution in [3.63, 3.8) is 0 Å². The summed E-state index contributed by atoms with van der Waals surface area (Å²) in [5, 5.41) is 11.2. The van der Waals surface area contributed by atoms with Gasteiger partial charge in [0.05, 0.1) is 23.0 Å². The van der Waals surface area contributed by atoms with E-state index in [2.05, 4.69) is 0 Å². The zero-order valence-electron chi connectivity index (χ0n) is 13.0. The van der Waals surface area contributed by atoms with Crippen molar-refractivity contribution in [1.29, 1.82) is 0 Å². The normalized spacial score (nSPS) is 18.3. The van der Waals surface area contributed by atoms with Crippen molar-refractivity contribution in [2.24, 2.45) is 5.92 Å². The van der Waals surface area contributed by atoms with Gasteiger partial charge in [0.2, 0.25) is 0 Å². The molecule has 0 aromatic heterocycles.